The Labute approximate surface area is 226 Å². The van der Waals surface area contributed by atoms with E-state index in [9.17, 15) is 22.8 Å². The van der Waals surface area contributed by atoms with E-state index in [2.05, 4.69) is 10.4 Å². The third kappa shape index (κ3) is 5.48. The van der Waals surface area contributed by atoms with Crippen molar-refractivity contribution in [3.05, 3.63) is 108 Å². The Morgan fingerprint density at radius 1 is 0.925 bits per heavy atom. The summed E-state index contributed by atoms with van der Waals surface area (Å²) in [6.45, 7) is 0. The lowest BCUT2D eigenvalue weighted by atomic mass is 9.94. The first-order valence-electron chi connectivity index (χ1n) is 12.2. The monoisotopic (exact) mass is 544 g/mol. The number of imidazole rings is 1. The van der Waals surface area contributed by atoms with Crippen molar-refractivity contribution in [3.63, 3.8) is 0 Å². The molecule has 3 aromatic carbocycles. The van der Waals surface area contributed by atoms with Crippen molar-refractivity contribution < 1.29 is 22.8 Å². The summed E-state index contributed by atoms with van der Waals surface area (Å²) in [6.07, 6.45) is -1.64. The summed E-state index contributed by atoms with van der Waals surface area (Å²) < 4.78 is 43.1. The number of benzene rings is 3. The van der Waals surface area contributed by atoms with Gasteiger partial charge in [0.1, 0.15) is 11.5 Å². The van der Waals surface area contributed by atoms with Crippen LogP contribution in [0.4, 0.5) is 18.9 Å². The van der Waals surface area contributed by atoms with Gasteiger partial charge in [-0.15, -0.1) is 0 Å². The van der Waals surface area contributed by atoms with Gasteiger partial charge in [-0.3, -0.25) is 19.3 Å². The van der Waals surface area contributed by atoms with Gasteiger partial charge in [-0.2, -0.15) is 18.3 Å². The van der Waals surface area contributed by atoms with Gasteiger partial charge in [0.25, 0.3) is 0 Å². The van der Waals surface area contributed by atoms with Gasteiger partial charge < -0.3 is 11.1 Å². The molecule has 202 valence electrons. The fraction of sp³-hybridized carbons (Fsp3) is 0.103. The van der Waals surface area contributed by atoms with Crippen LogP contribution in [0.5, 0.6) is 0 Å². The fourth-order valence-corrected chi connectivity index (χ4v) is 4.43. The van der Waals surface area contributed by atoms with Crippen LogP contribution < -0.4 is 11.1 Å². The predicted molar refractivity (Wildman–Crippen MR) is 143 cm³/mol. The molecule has 0 aliphatic rings. The third-order valence-electron chi connectivity index (χ3n) is 6.22. The number of carbonyl (C=O) groups excluding carboxylic acids is 2. The largest absolute Gasteiger partial charge is 0.433 e. The zero-order valence-corrected chi connectivity index (χ0v) is 20.9. The summed E-state index contributed by atoms with van der Waals surface area (Å²) >= 11 is 0. The molecule has 0 bridgehead atoms. The molecule has 4 N–H and O–H groups in total. The molecule has 0 aliphatic carbocycles. The Bertz CT molecular complexity index is 1660. The second kappa shape index (κ2) is 10.9. The molecule has 2 amide bonds. The quantitative estimate of drug-likeness (QED) is 0.235. The van der Waals surface area contributed by atoms with Crippen LogP contribution in [0.1, 0.15) is 28.2 Å². The number of alkyl halides is 3. The van der Waals surface area contributed by atoms with Crippen LogP contribution in [-0.2, 0) is 17.4 Å². The van der Waals surface area contributed by atoms with Crippen molar-refractivity contribution >= 4 is 17.5 Å². The van der Waals surface area contributed by atoms with Gasteiger partial charge in [-0.05, 0) is 42.3 Å². The smallest absolute Gasteiger partial charge is 0.366 e. The van der Waals surface area contributed by atoms with E-state index in [0.717, 1.165) is 6.20 Å². The number of primary amides is 1. The van der Waals surface area contributed by atoms with Crippen LogP contribution >= 0.6 is 0 Å². The molecule has 11 heteroatoms. The Balaban J connectivity index is 1.61. The van der Waals surface area contributed by atoms with Gasteiger partial charge in [0.2, 0.25) is 11.8 Å². The van der Waals surface area contributed by atoms with Crippen molar-refractivity contribution in [2.45, 2.75) is 19.0 Å². The molecule has 2 aromatic heterocycles. The van der Waals surface area contributed by atoms with E-state index >= 15 is 0 Å². The number of hydrogen-bond acceptors (Lipinski definition) is 4. The minimum atomic E-state index is -4.72. The van der Waals surface area contributed by atoms with Crippen molar-refractivity contribution in [1.29, 1.82) is 0 Å². The highest BCUT2D eigenvalue weighted by Gasteiger charge is 2.37. The molecule has 0 aliphatic heterocycles. The fourth-order valence-electron chi connectivity index (χ4n) is 4.43. The number of nitrogens with one attached hydrogen (secondary N) is 2. The van der Waals surface area contributed by atoms with E-state index in [1.807, 2.05) is 17.2 Å². The minimum absolute atomic E-state index is 0.0111. The summed E-state index contributed by atoms with van der Waals surface area (Å²) in [6, 6.07) is 22.3. The summed E-state index contributed by atoms with van der Waals surface area (Å²) in [7, 11) is 0. The number of nitrogens with zero attached hydrogens (tertiary/aromatic N) is 3. The SMILES string of the molecule is NC(=O)c1cccc(-c2cn[nH]c2C(F)(F)F)c1-c1nc(CCC(=O)Nc2ccccc2)cn1-c1ccccc1. The number of aromatic nitrogens is 4. The number of nitrogens with two attached hydrogens (primary N) is 1. The maximum absolute atomic E-state index is 13.8. The van der Waals surface area contributed by atoms with Gasteiger partial charge >= 0.3 is 6.18 Å². The van der Waals surface area contributed by atoms with E-state index < -0.39 is 17.8 Å². The minimum Gasteiger partial charge on any atom is -0.366 e. The van der Waals surface area contributed by atoms with E-state index in [1.54, 1.807) is 59.3 Å². The number of para-hydroxylation sites is 2. The second-order valence-electron chi connectivity index (χ2n) is 8.92. The summed E-state index contributed by atoms with van der Waals surface area (Å²) in [4.78, 5) is 29.8. The van der Waals surface area contributed by atoms with Crippen LogP contribution in [-0.4, -0.2) is 31.6 Å². The summed E-state index contributed by atoms with van der Waals surface area (Å²) in [5, 5.41) is 8.44. The normalized spacial score (nSPS) is 11.4. The molecule has 0 saturated heterocycles. The standard InChI is InChI=1S/C29H23F3N6O2/c30-29(31,32)26-23(16-34-37-26)21-12-7-13-22(27(33)40)25(21)28-36-19(17-38(28)20-10-5-2-6-11-20)14-15-24(39)35-18-8-3-1-4-9-18/h1-13,16-17H,14-15H2,(H2,33,40)(H,34,37)(H,35,39). The number of amides is 2. The molecule has 5 aromatic rings. The first-order chi connectivity index (χ1) is 19.2. The topological polar surface area (TPSA) is 119 Å². The van der Waals surface area contributed by atoms with E-state index in [1.165, 1.54) is 18.2 Å². The summed E-state index contributed by atoms with van der Waals surface area (Å²) in [5.74, 6) is -0.864. The first kappa shape index (κ1) is 26.4. The molecule has 40 heavy (non-hydrogen) atoms. The molecule has 0 saturated carbocycles. The molecule has 0 spiro atoms. The number of hydrogen-bond donors (Lipinski definition) is 3. The Morgan fingerprint density at radius 2 is 1.62 bits per heavy atom. The second-order valence-corrected chi connectivity index (χ2v) is 8.92. The molecular weight excluding hydrogens is 521 g/mol. The molecule has 0 atom stereocenters. The first-order valence-corrected chi connectivity index (χ1v) is 12.2. The summed E-state index contributed by atoms with van der Waals surface area (Å²) in [5.41, 5.74) is 6.36. The highest BCUT2D eigenvalue weighted by atomic mass is 19.4. The maximum Gasteiger partial charge on any atom is 0.433 e. The van der Waals surface area contributed by atoms with Gasteiger partial charge in [0.15, 0.2) is 0 Å². The molecule has 5 rings (SSSR count). The molecular formula is C29H23F3N6O2. The van der Waals surface area contributed by atoms with E-state index in [4.69, 9.17) is 10.7 Å². The van der Waals surface area contributed by atoms with Crippen LogP contribution in [0.2, 0.25) is 0 Å². The Hall–Kier alpha value is -5.19. The van der Waals surface area contributed by atoms with Crippen molar-refractivity contribution in [1.82, 2.24) is 19.7 Å². The van der Waals surface area contributed by atoms with Gasteiger partial charge in [0, 0.05) is 35.1 Å². The molecule has 0 fully saturated rings. The zero-order chi connectivity index (χ0) is 28.3. The lowest BCUT2D eigenvalue weighted by Crippen LogP contribution is -2.15. The number of halogens is 3. The van der Waals surface area contributed by atoms with Gasteiger partial charge in [-0.25, -0.2) is 4.98 Å². The predicted octanol–water partition coefficient (Wildman–Crippen LogP) is 5.62. The van der Waals surface area contributed by atoms with Gasteiger partial charge in [-0.1, -0.05) is 48.5 Å². The maximum atomic E-state index is 13.8. The molecule has 0 radical (unpaired) electrons. The van der Waals surface area contributed by atoms with Crippen LogP contribution in [0.15, 0.2) is 91.3 Å². The van der Waals surface area contributed by atoms with Crippen LogP contribution in [0.25, 0.3) is 28.2 Å². The Kier molecular flexibility index (Phi) is 7.19. The third-order valence-corrected chi connectivity index (χ3v) is 6.22. The molecule has 2 heterocycles. The number of carbonyl (C=O) groups is 2. The number of aromatic amines is 1. The van der Waals surface area contributed by atoms with E-state index in [0.29, 0.717) is 17.1 Å². The highest BCUT2D eigenvalue weighted by Crippen LogP contribution is 2.41. The van der Waals surface area contributed by atoms with Crippen LogP contribution in [0, 0.1) is 0 Å². The Morgan fingerprint density at radius 3 is 2.30 bits per heavy atom. The number of aryl methyl sites for hydroxylation is 1. The van der Waals surface area contributed by atoms with Crippen molar-refractivity contribution in [2.75, 3.05) is 5.32 Å². The van der Waals surface area contributed by atoms with Crippen molar-refractivity contribution in [2.24, 2.45) is 5.73 Å². The average molecular weight is 545 g/mol. The number of anilines is 1. The van der Waals surface area contributed by atoms with Gasteiger partial charge in [0.05, 0.1) is 17.5 Å². The molecule has 0 unspecified atom stereocenters. The zero-order valence-electron chi connectivity index (χ0n) is 20.9. The highest BCUT2D eigenvalue weighted by molar-refractivity contribution is 6.03. The lowest BCUT2D eigenvalue weighted by molar-refractivity contribution is -0.140. The van der Waals surface area contributed by atoms with E-state index in [-0.39, 0.29) is 46.8 Å². The lowest BCUT2D eigenvalue weighted by Gasteiger charge is -2.16. The number of rotatable bonds is 8. The average Bonchev–Trinajstić information content (AvgIpc) is 3.60. The number of H-pyrrole nitrogens is 1. The van der Waals surface area contributed by atoms with Crippen LogP contribution in [0.3, 0.4) is 0 Å². The van der Waals surface area contributed by atoms with Crippen molar-refractivity contribution in [3.8, 4) is 28.2 Å². The molecule has 8 nitrogen and oxygen atoms in total.